The average molecular weight is 265 g/mol. The van der Waals surface area contributed by atoms with Gasteiger partial charge < -0.3 is 5.32 Å². The number of pyridine rings is 1. The number of rotatable bonds is 3. The Hall–Kier alpha value is -1.35. The molecule has 2 aromatic rings. The average Bonchev–Trinajstić information content (AvgIpc) is 3.18. The van der Waals surface area contributed by atoms with Crippen LogP contribution in [0.2, 0.25) is 5.02 Å². The summed E-state index contributed by atoms with van der Waals surface area (Å²) in [6.07, 6.45) is 2.29. The van der Waals surface area contributed by atoms with E-state index in [0.29, 0.717) is 21.8 Å². The van der Waals surface area contributed by atoms with E-state index in [4.69, 9.17) is 11.6 Å². The molecule has 0 amide bonds. The summed E-state index contributed by atoms with van der Waals surface area (Å²) in [6, 6.07) is 4.97. The molecule has 18 heavy (non-hydrogen) atoms. The van der Waals surface area contributed by atoms with Crippen LogP contribution in [0.1, 0.15) is 31.4 Å². The number of benzene rings is 1. The van der Waals surface area contributed by atoms with Crippen LogP contribution in [0.5, 0.6) is 0 Å². The van der Waals surface area contributed by atoms with Crippen LogP contribution in [0, 0.1) is 5.82 Å². The Morgan fingerprint density at radius 1 is 1.44 bits per heavy atom. The minimum atomic E-state index is -0.309. The summed E-state index contributed by atoms with van der Waals surface area (Å²) in [7, 11) is 0. The van der Waals surface area contributed by atoms with Crippen molar-refractivity contribution in [1.82, 2.24) is 4.98 Å². The number of hydrogen-bond acceptors (Lipinski definition) is 2. The number of halogens is 2. The first-order chi connectivity index (χ1) is 8.70. The van der Waals surface area contributed by atoms with Gasteiger partial charge in [-0.05, 0) is 38.0 Å². The molecule has 2 nitrogen and oxygen atoms in total. The predicted molar refractivity (Wildman–Crippen MR) is 72.8 cm³/mol. The fourth-order valence-corrected chi connectivity index (χ4v) is 2.46. The van der Waals surface area contributed by atoms with Crippen LogP contribution >= 0.6 is 11.6 Å². The van der Waals surface area contributed by atoms with Gasteiger partial charge in [-0.2, -0.15) is 0 Å². The zero-order chi connectivity index (χ0) is 12.7. The lowest BCUT2D eigenvalue weighted by molar-refractivity contribution is 0.636. The maximum Gasteiger partial charge on any atom is 0.149 e. The highest BCUT2D eigenvalue weighted by Gasteiger charge is 2.26. The SMILES string of the molecule is CCNc1cc(C2CC2)nc2c(F)ccc(Cl)c12. The number of anilines is 1. The monoisotopic (exact) mass is 264 g/mol. The summed E-state index contributed by atoms with van der Waals surface area (Å²) in [4.78, 5) is 4.44. The van der Waals surface area contributed by atoms with Crippen molar-refractivity contribution in [2.45, 2.75) is 25.7 Å². The molecule has 1 fully saturated rings. The van der Waals surface area contributed by atoms with Crippen LogP contribution in [0.3, 0.4) is 0 Å². The van der Waals surface area contributed by atoms with Gasteiger partial charge in [-0.25, -0.2) is 9.37 Å². The Labute approximate surface area is 110 Å². The Kier molecular flexibility index (Phi) is 2.86. The van der Waals surface area contributed by atoms with Gasteiger partial charge in [-0.1, -0.05) is 11.6 Å². The van der Waals surface area contributed by atoms with Crippen LogP contribution in [-0.2, 0) is 0 Å². The van der Waals surface area contributed by atoms with Crippen molar-refractivity contribution in [2.24, 2.45) is 0 Å². The Balaban J connectivity index is 2.29. The van der Waals surface area contributed by atoms with Crippen LogP contribution in [0.25, 0.3) is 10.9 Å². The lowest BCUT2D eigenvalue weighted by Crippen LogP contribution is -2.01. The van der Waals surface area contributed by atoms with Gasteiger partial charge in [0.1, 0.15) is 11.3 Å². The molecule has 1 aliphatic rings. The topological polar surface area (TPSA) is 24.9 Å². The molecule has 0 saturated heterocycles. The van der Waals surface area contributed by atoms with Gasteiger partial charge in [0.15, 0.2) is 0 Å². The summed E-state index contributed by atoms with van der Waals surface area (Å²) in [5, 5.41) is 4.47. The maximum absolute atomic E-state index is 13.9. The normalized spacial score (nSPS) is 15.1. The summed E-state index contributed by atoms with van der Waals surface area (Å²) < 4.78 is 13.9. The molecule has 1 N–H and O–H groups in total. The van der Waals surface area contributed by atoms with E-state index in [1.807, 2.05) is 13.0 Å². The molecular weight excluding hydrogens is 251 g/mol. The first-order valence-electron chi connectivity index (χ1n) is 6.23. The van der Waals surface area contributed by atoms with Crippen molar-refractivity contribution in [1.29, 1.82) is 0 Å². The van der Waals surface area contributed by atoms with E-state index in [1.54, 1.807) is 6.07 Å². The largest absolute Gasteiger partial charge is 0.385 e. The van der Waals surface area contributed by atoms with Crippen molar-refractivity contribution in [3.8, 4) is 0 Å². The minimum Gasteiger partial charge on any atom is -0.385 e. The summed E-state index contributed by atoms with van der Waals surface area (Å²) in [5.74, 6) is 0.182. The molecule has 1 heterocycles. The quantitative estimate of drug-likeness (QED) is 0.892. The summed E-state index contributed by atoms with van der Waals surface area (Å²) in [5.41, 5.74) is 2.23. The fourth-order valence-electron chi connectivity index (χ4n) is 2.21. The summed E-state index contributed by atoms with van der Waals surface area (Å²) >= 11 is 6.17. The van der Waals surface area contributed by atoms with Crippen LogP contribution in [0.15, 0.2) is 18.2 Å². The third-order valence-corrected chi connectivity index (χ3v) is 3.56. The van der Waals surface area contributed by atoms with E-state index in [1.165, 1.54) is 6.07 Å². The lowest BCUT2D eigenvalue weighted by Gasteiger charge is -2.12. The molecule has 1 saturated carbocycles. The van der Waals surface area contributed by atoms with Gasteiger partial charge in [0.05, 0.1) is 5.02 Å². The van der Waals surface area contributed by atoms with E-state index in [0.717, 1.165) is 30.8 Å². The van der Waals surface area contributed by atoms with Crippen LogP contribution in [0.4, 0.5) is 10.1 Å². The molecule has 4 heteroatoms. The second-order valence-electron chi connectivity index (χ2n) is 4.65. The van der Waals surface area contributed by atoms with Gasteiger partial charge >= 0.3 is 0 Å². The molecule has 1 aromatic carbocycles. The third-order valence-electron chi connectivity index (χ3n) is 3.24. The number of nitrogens with one attached hydrogen (secondary N) is 1. The van der Waals surface area contributed by atoms with Gasteiger partial charge in [0, 0.05) is 29.2 Å². The highest BCUT2D eigenvalue weighted by atomic mass is 35.5. The van der Waals surface area contributed by atoms with Crippen molar-refractivity contribution in [3.63, 3.8) is 0 Å². The van der Waals surface area contributed by atoms with Gasteiger partial charge in [0.25, 0.3) is 0 Å². The second-order valence-corrected chi connectivity index (χ2v) is 5.06. The van der Waals surface area contributed by atoms with E-state index in [-0.39, 0.29) is 5.82 Å². The third kappa shape index (κ3) is 1.93. The van der Waals surface area contributed by atoms with Crippen molar-refractivity contribution < 1.29 is 4.39 Å². The smallest absolute Gasteiger partial charge is 0.149 e. The first-order valence-corrected chi connectivity index (χ1v) is 6.61. The van der Waals surface area contributed by atoms with Crippen molar-refractivity contribution in [2.75, 3.05) is 11.9 Å². The molecule has 3 rings (SSSR count). The molecule has 0 unspecified atom stereocenters. The van der Waals surface area contributed by atoms with Crippen LogP contribution < -0.4 is 5.32 Å². The second kappa shape index (κ2) is 4.39. The van der Waals surface area contributed by atoms with E-state index >= 15 is 0 Å². The molecule has 0 radical (unpaired) electrons. The van der Waals surface area contributed by atoms with Crippen molar-refractivity contribution >= 4 is 28.2 Å². The molecule has 0 aliphatic heterocycles. The molecule has 0 bridgehead atoms. The van der Waals surface area contributed by atoms with E-state index in [2.05, 4.69) is 10.3 Å². The standard InChI is InChI=1S/C14H14ClFN2/c1-2-17-12-7-11(8-3-4-8)18-14-10(16)6-5-9(15)13(12)14/h5-8H,2-4H2,1H3,(H,17,18). The Morgan fingerprint density at radius 2 is 2.22 bits per heavy atom. The molecular formula is C14H14ClFN2. The number of aromatic nitrogens is 1. The number of hydrogen-bond donors (Lipinski definition) is 1. The minimum absolute atomic E-state index is 0.309. The molecule has 94 valence electrons. The Morgan fingerprint density at radius 3 is 2.89 bits per heavy atom. The molecule has 1 aromatic heterocycles. The van der Waals surface area contributed by atoms with E-state index in [9.17, 15) is 4.39 Å². The van der Waals surface area contributed by atoms with E-state index < -0.39 is 0 Å². The first kappa shape index (κ1) is 11.7. The van der Waals surface area contributed by atoms with Gasteiger partial charge in [-0.15, -0.1) is 0 Å². The summed E-state index contributed by atoms with van der Waals surface area (Å²) in [6.45, 7) is 2.78. The van der Waals surface area contributed by atoms with Gasteiger partial charge in [0.2, 0.25) is 0 Å². The highest BCUT2D eigenvalue weighted by Crippen LogP contribution is 2.42. The predicted octanol–water partition coefficient (Wildman–Crippen LogP) is 4.34. The molecule has 1 aliphatic carbocycles. The zero-order valence-corrected chi connectivity index (χ0v) is 10.9. The van der Waals surface area contributed by atoms with Crippen molar-refractivity contribution in [3.05, 3.63) is 34.7 Å². The molecule has 0 atom stereocenters. The zero-order valence-electron chi connectivity index (χ0n) is 10.1. The molecule has 0 spiro atoms. The highest BCUT2D eigenvalue weighted by molar-refractivity contribution is 6.36. The number of fused-ring (bicyclic) bond motifs is 1. The fraction of sp³-hybridized carbons (Fsp3) is 0.357. The van der Waals surface area contributed by atoms with Crippen LogP contribution in [-0.4, -0.2) is 11.5 Å². The Bertz CT molecular complexity index is 608. The lowest BCUT2D eigenvalue weighted by atomic mass is 10.1. The maximum atomic E-state index is 13.9. The number of nitrogens with zero attached hydrogens (tertiary/aromatic N) is 1. The van der Waals surface area contributed by atoms with Gasteiger partial charge in [-0.3, -0.25) is 0 Å².